The van der Waals surface area contributed by atoms with E-state index in [0.717, 1.165) is 25.7 Å². The SMILES string of the molecule is CC(C)C(=O)CN1CCN2CCCCC2C1. The van der Waals surface area contributed by atoms with Crippen LogP contribution in [0.1, 0.15) is 33.1 Å². The molecule has 2 aliphatic rings. The number of hydrogen-bond acceptors (Lipinski definition) is 3. The number of piperazine rings is 1. The molecule has 0 aromatic carbocycles. The standard InChI is InChI=1S/C13H24N2O/c1-11(2)13(16)10-14-7-8-15-6-4-3-5-12(15)9-14/h11-12H,3-10H2,1-2H3. The largest absolute Gasteiger partial charge is 0.298 e. The summed E-state index contributed by atoms with van der Waals surface area (Å²) in [4.78, 5) is 16.7. The van der Waals surface area contributed by atoms with E-state index in [4.69, 9.17) is 0 Å². The van der Waals surface area contributed by atoms with Crippen molar-refractivity contribution in [1.82, 2.24) is 9.80 Å². The highest BCUT2D eigenvalue weighted by atomic mass is 16.1. The topological polar surface area (TPSA) is 23.6 Å². The van der Waals surface area contributed by atoms with E-state index in [2.05, 4.69) is 9.80 Å². The molecule has 1 unspecified atom stereocenters. The lowest BCUT2D eigenvalue weighted by atomic mass is 9.99. The van der Waals surface area contributed by atoms with Crippen molar-refractivity contribution in [3.05, 3.63) is 0 Å². The summed E-state index contributed by atoms with van der Waals surface area (Å²) in [6.45, 7) is 9.29. The number of carbonyl (C=O) groups is 1. The van der Waals surface area contributed by atoms with Gasteiger partial charge in [0.25, 0.3) is 0 Å². The molecule has 0 amide bonds. The van der Waals surface area contributed by atoms with Gasteiger partial charge in [0.05, 0.1) is 6.54 Å². The number of carbonyl (C=O) groups excluding carboxylic acids is 1. The van der Waals surface area contributed by atoms with Crippen molar-refractivity contribution in [3.63, 3.8) is 0 Å². The summed E-state index contributed by atoms with van der Waals surface area (Å²) in [7, 11) is 0. The molecule has 92 valence electrons. The molecule has 0 bridgehead atoms. The highest BCUT2D eigenvalue weighted by molar-refractivity contribution is 5.82. The predicted molar refractivity (Wildman–Crippen MR) is 65.5 cm³/mol. The first-order valence-electron chi connectivity index (χ1n) is 6.66. The molecular formula is C13H24N2O. The average Bonchev–Trinajstić information content (AvgIpc) is 2.28. The summed E-state index contributed by atoms with van der Waals surface area (Å²) in [5, 5.41) is 0. The summed E-state index contributed by atoms with van der Waals surface area (Å²) in [6, 6.07) is 0.725. The second kappa shape index (κ2) is 5.28. The van der Waals surface area contributed by atoms with Gasteiger partial charge in [-0.15, -0.1) is 0 Å². The van der Waals surface area contributed by atoms with Crippen LogP contribution in [0, 0.1) is 5.92 Å². The monoisotopic (exact) mass is 224 g/mol. The van der Waals surface area contributed by atoms with E-state index in [1.54, 1.807) is 0 Å². The number of Topliss-reactive ketones (excluding diaryl/α,β-unsaturated/α-hetero) is 1. The van der Waals surface area contributed by atoms with Gasteiger partial charge in [0.15, 0.2) is 0 Å². The fraction of sp³-hybridized carbons (Fsp3) is 0.923. The number of rotatable bonds is 3. The van der Waals surface area contributed by atoms with Gasteiger partial charge in [-0.3, -0.25) is 14.6 Å². The Morgan fingerprint density at radius 2 is 2.06 bits per heavy atom. The molecule has 2 fully saturated rings. The maximum atomic E-state index is 11.7. The van der Waals surface area contributed by atoms with Gasteiger partial charge < -0.3 is 0 Å². The van der Waals surface area contributed by atoms with Gasteiger partial charge in [0.2, 0.25) is 0 Å². The Kier molecular flexibility index (Phi) is 3.98. The van der Waals surface area contributed by atoms with Crippen LogP contribution in [0.15, 0.2) is 0 Å². The zero-order valence-corrected chi connectivity index (χ0v) is 10.6. The Morgan fingerprint density at radius 1 is 1.25 bits per heavy atom. The molecule has 0 aromatic rings. The summed E-state index contributed by atoms with van der Waals surface area (Å²) in [5.41, 5.74) is 0. The lowest BCUT2D eigenvalue weighted by molar-refractivity contribution is -0.123. The molecule has 3 nitrogen and oxygen atoms in total. The number of ketones is 1. The summed E-state index contributed by atoms with van der Waals surface area (Å²) in [6.07, 6.45) is 4.06. The van der Waals surface area contributed by atoms with E-state index in [0.29, 0.717) is 12.3 Å². The van der Waals surface area contributed by atoms with Crippen molar-refractivity contribution in [1.29, 1.82) is 0 Å². The molecule has 1 atom stereocenters. The van der Waals surface area contributed by atoms with E-state index in [-0.39, 0.29) is 5.92 Å². The van der Waals surface area contributed by atoms with Crippen molar-refractivity contribution >= 4 is 5.78 Å². The van der Waals surface area contributed by atoms with Crippen molar-refractivity contribution in [2.24, 2.45) is 5.92 Å². The molecule has 0 aliphatic carbocycles. The molecule has 0 N–H and O–H groups in total. The van der Waals surface area contributed by atoms with Gasteiger partial charge in [0.1, 0.15) is 5.78 Å². The van der Waals surface area contributed by atoms with E-state index in [1.807, 2.05) is 13.8 Å². The first-order valence-corrected chi connectivity index (χ1v) is 6.66. The fourth-order valence-corrected chi connectivity index (χ4v) is 2.77. The molecule has 0 aromatic heterocycles. The lowest BCUT2D eigenvalue weighted by Crippen LogP contribution is -2.55. The van der Waals surface area contributed by atoms with Crippen LogP contribution in [0.2, 0.25) is 0 Å². The van der Waals surface area contributed by atoms with E-state index in [1.165, 1.54) is 25.8 Å². The van der Waals surface area contributed by atoms with Crippen LogP contribution in [-0.4, -0.2) is 54.3 Å². The molecule has 16 heavy (non-hydrogen) atoms. The Bertz CT molecular complexity index is 252. The van der Waals surface area contributed by atoms with Gasteiger partial charge in [-0.25, -0.2) is 0 Å². The summed E-state index contributed by atoms with van der Waals surface area (Å²) >= 11 is 0. The molecule has 2 saturated heterocycles. The third-order valence-electron chi connectivity index (χ3n) is 3.94. The van der Waals surface area contributed by atoms with Crippen LogP contribution < -0.4 is 0 Å². The van der Waals surface area contributed by atoms with Crippen molar-refractivity contribution in [2.75, 3.05) is 32.7 Å². The molecule has 2 heterocycles. The number of nitrogens with zero attached hydrogens (tertiary/aromatic N) is 2. The maximum absolute atomic E-state index is 11.7. The minimum absolute atomic E-state index is 0.185. The second-order valence-corrected chi connectivity index (χ2v) is 5.54. The molecule has 2 rings (SSSR count). The quantitative estimate of drug-likeness (QED) is 0.723. The Labute approximate surface area is 98.8 Å². The van der Waals surface area contributed by atoms with E-state index < -0.39 is 0 Å². The second-order valence-electron chi connectivity index (χ2n) is 5.54. The predicted octanol–water partition coefficient (Wildman–Crippen LogP) is 1.38. The highest BCUT2D eigenvalue weighted by Gasteiger charge is 2.29. The van der Waals surface area contributed by atoms with Crippen molar-refractivity contribution in [3.8, 4) is 0 Å². The van der Waals surface area contributed by atoms with Gasteiger partial charge in [0, 0.05) is 31.6 Å². The molecule has 3 heteroatoms. The Balaban J connectivity index is 1.83. The smallest absolute Gasteiger partial charge is 0.149 e. The van der Waals surface area contributed by atoms with Crippen LogP contribution in [0.5, 0.6) is 0 Å². The van der Waals surface area contributed by atoms with Gasteiger partial charge in [-0.1, -0.05) is 20.3 Å². The first kappa shape index (κ1) is 12.1. The first-order chi connectivity index (χ1) is 7.66. The Morgan fingerprint density at radius 3 is 2.81 bits per heavy atom. The average molecular weight is 224 g/mol. The Hall–Kier alpha value is -0.410. The molecule has 0 radical (unpaired) electrons. The zero-order valence-electron chi connectivity index (χ0n) is 10.6. The number of piperidine rings is 1. The van der Waals surface area contributed by atoms with Gasteiger partial charge in [-0.05, 0) is 19.4 Å². The third-order valence-corrected chi connectivity index (χ3v) is 3.94. The van der Waals surface area contributed by atoms with Crippen LogP contribution >= 0.6 is 0 Å². The molecule has 2 aliphatic heterocycles. The van der Waals surface area contributed by atoms with Crippen LogP contribution in [0.3, 0.4) is 0 Å². The van der Waals surface area contributed by atoms with Crippen LogP contribution in [0.25, 0.3) is 0 Å². The summed E-state index contributed by atoms with van der Waals surface area (Å²) < 4.78 is 0. The van der Waals surface area contributed by atoms with E-state index >= 15 is 0 Å². The molecule has 0 saturated carbocycles. The third kappa shape index (κ3) is 2.83. The van der Waals surface area contributed by atoms with Crippen LogP contribution in [0.4, 0.5) is 0 Å². The summed E-state index contributed by atoms with van der Waals surface area (Å²) in [5.74, 6) is 0.577. The van der Waals surface area contributed by atoms with E-state index in [9.17, 15) is 4.79 Å². The molecular weight excluding hydrogens is 200 g/mol. The zero-order chi connectivity index (χ0) is 11.5. The van der Waals surface area contributed by atoms with Gasteiger partial charge in [-0.2, -0.15) is 0 Å². The maximum Gasteiger partial charge on any atom is 0.149 e. The fourth-order valence-electron chi connectivity index (χ4n) is 2.77. The highest BCUT2D eigenvalue weighted by Crippen LogP contribution is 2.21. The minimum atomic E-state index is 0.185. The normalized spacial score (nSPS) is 28.1. The number of fused-ring (bicyclic) bond motifs is 1. The number of hydrogen-bond donors (Lipinski definition) is 0. The van der Waals surface area contributed by atoms with Gasteiger partial charge >= 0.3 is 0 Å². The van der Waals surface area contributed by atoms with Crippen molar-refractivity contribution < 1.29 is 4.79 Å². The van der Waals surface area contributed by atoms with Crippen LogP contribution in [-0.2, 0) is 4.79 Å². The van der Waals surface area contributed by atoms with Crippen molar-refractivity contribution in [2.45, 2.75) is 39.2 Å². The lowest BCUT2D eigenvalue weighted by Gasteiger charge is -2.44. The minimum Gasteiger partial charge on any atom is -0.298 e. The molecule has 0 spiro atoms.